The minimum Gasteiger partial charge on any atom is -0.302 e. The monoisotopic (exact) mass is 395 g/mol. The van der Waals surface area contributed by atoms with E-state index in [4.69, 9.17) is 0 Å². The summed E-state index contributed by atoms with van der Waals surface area (Å²) in [5, 5.41) is 11.0. The summed E-state index contributed by atoms with van der Waals surface area (Å²) in [6, 6.07) is 4.05. The fraction of sp³-hybridized carbons (Fsp3) is 0.684. The molecule has 8 heteroatoms. The first-order chi connectivity index (χ1) is 12.9. The zero-order valence-electron chi connectivity index (χ0n) is 16.0. The second-order valence-corrected chi connectivity index (χ2v) is 9.68. The Morgan fingerprint density at radius 1 is 1.07 bits per heavy atom. The van der Waals surface area contributed by atoms with Crippen LogP contribution in [0, 0.1) is 23.0 Å². The van der Waals surface area contributed by atoms with Crippen molar-refractivity contribution in [3.05, 3.63) is 33.9 Å². The summed E-state index contributed by atoms with van der Waals surface area (Å²) in [5.74, 6) is 0.737. The minimum absolute atomic E-state index is 0.0532. The molecule has 7 nitrogen and oxygen atoms in total. The van der Waals surface area contributed by atoms with Crippen molar-refractivity contribution in [1.82, 2.24) is 9.21 Å². The first-order valence-electron chi connectivity index (χ1n) is 9.85. The van der Waals surface area contributed by atoms with E-state index in [0.717, 1.165) is 32.0 Å². The van der Waals surface area contributed by atoms with Gasteiger partial charge in [-0.25, -0.2) is 8.42 Å². The number of aryl methyl sites for hydroxylation is 1. The number of non-ortho nitro benzene ring substituents is 1. The van der Waals surface area contributed by atoms with Crippen LogP contribution in [0.15, 0.2) is 23.1 Å². The van der Waals surface area contributed by atoms with Crippen LogP contribution in [0.5, 0.6) is 0 Å². The average Bonchev–Trinajstić information content (AvgIpc) is 2.88. The van der Waals surface area contributed by atoms with E-state index in [9.17, 15) is 18.5 Å². The maximum absolute atomic E-state index is 13.1. The zero-order chi connectivity index (χ0) is 19.4. The highest BCUT2D eigenvalue weighted by Gasteiger charge is 2.30. The Balaban J connectivity index is 1.70. The summed E-state index contributed by atoms with van der Waals surface area (Å²) in [4.78, 5) is 12.9. The Morgan fingerprint density at radius 3 is 2.52 bits per heavy atom. The number of benzene rings is 1. The molecule has 0 aromatic heterocycles. The maximum atomic E-state index is 13.1. The molecule has 0 unspecified atom stereocenters. The highest BCUT2D eigenvalue weighted by Crippen LogP contribution is 2.27. The van der Waals surface area contributed by atoms with Gasteiger partial charge >= 0.3 is 0 Å². The van der Waals surface area contributed by atoms with E-state index in [2.05, 4.69) is 4.90 Å². The largest absolute Gasteiger partial charge is 0.302 e. The molecule has 150 valence electrons. The van der Waals surface area contributed by atoms with E-state index >= 15 is 0 Å². The van der Waals surface area contributed by atoms with Crippen molar-refractivity contribution in [2.75, 3.05) is 32.7 Å². The van der Waals surface area contributed by atoms with Crippen LogP contribution >= 0.6 is 0 Å². The maximum Gasteiger partial charge on any atom is 0.270 e. The molecule has 0 amide bonds. The number of nitro benzene ring substituents is 1. The van der Waals surface area contributed by atoms with Crippen LogP contribution in [0.3, 0.4) is 0 Å². The van der Waals surface area contributed by atoms with E-state index < -0.39 is 14.9 Å². The van der Waals surface area contributed by atoms with Crippen molar-refractivity contribution in [2.45, 2.75) is 50.3 Å². The number of nitrogens with zero attached hydrogens (tertiary/aromatic N) is 3. The number of sulfonamides is 1. The average molecular weight is 396 g/mol. The Morgan fingerprint density at radius 2 is 1.81 bits per heavy atom. The van der Waals surface area contributed by atoms with E-state index in [-0.39, 0.29) is 10.6 Å². The molecule has 0 spiro atoms. The van der Waals surface area contributed by atoms with Crippen molar-refractivity contribution >= 4 is 15.7 Å². The van der Waals surface area contributed by atoms with Gasteiger partial charge < -0.3 is 4.90 Å². The lowest BCUT2D eigenvalue weighted by atomic mass is 9.89. The summed E-state index contributed by atoms with van der Waals surface area (Å²) in [7, 11) is -3.73. The Bertz CT molecular complexity index is 775. The highest BCUT2D eigenvalue weighted by molar-refractivity contribution is 7.89. The van der Waals surface area contributed by atoms with Gasteiger partial charge in [0.2, 0.25) is 10.0 Å². The van der Waals surface area contributed by atoms with Gasteiger partial charge in [0.25, 0.3) is 5.69 Å². The molecule has 1 saturated heterocycles. The third-order valence-electron chi connectivity index (χ3n) is 5.79. The quantitative estimate of drug-likeness (QED) is 0.565. The molecule has 0 N–H and O–H groups in total. The molecule has 0 radical (unpaired) electrons. The van der Waals surface area contributed by atoms with Crippen molar-refractivity contribution in [3.8, 4) is 0 Å². The Labute approximate surface area is 161 Å². The van der Waals surface area contributed by atoms with Gasteiger partial charge in [0.15, 0.2) is 0 Å². The van der Waals surface area contributed by atoms with Gasteiger partial charge in [-0.3, -0.25) is 10.1 Å². The van der Waals surface area contributed by atoms with Gasteiger partial charge in [-0.05, 0) is 44.2 Å². The highest BCUT2D eigenvalue weighted by atomic mass is 32.2. The first kappa shape index (κ1) is 20.2. The zero-order valence-corrected chi connectivity index (χ0v) is 16.8. The van der Waals surface area contributed by atoms with Crippen LogP contribution in [-0.4, -0.2) is 55.3 Å². The SMILES string of the molecule is Cc1ccc([N+](=O)[O-])cc1S(=O)(=O)N1CCCN(CC2CCCCC2)CC1. The molecule has 2 fully saturated rings. The van der Waals surface area contributed by atoms with E-state index in [1.807, 2.05) is 0 Å². The fourth-order valence-electron chi connectivity index (χ4n) is 4.22. The van der Waals surface area contributed by atoms with Crippen LogP contribution in [-0.2, 0) is 10.0 Å². The summed E-state index contributed by atoms with van der Waals surface area (Å²) in [6.07, 6.45) is 7.32. The third-order valence-corrected chi connectivity index (χ3v) is 7.83. The van der Waals surface area contributed by atoms with Gasteiger partial charge in [-0.1, -0.05) is 25.3 Å². The van der Waals surface area contributed by atoms with Gasteiger partial charge in [-0.15, -0.1) is 0 Å². The van der Waals surface area contributed by atoms with Gasteiger partial charge in [-0.2, -0.15) is 4.31 Å². The van der Waals surface area contributed by atoms with Crippen LogP contribution in [0.1, 0.15) is 44.1 Å². The molecule has 3 rings (SSSR count). The molecule has 2 aliphatic rings. The molecule has 1 aliphatic heterocycles. The summed E-state index contributed by atoms with van der Waals surface area (Å²) < 4.78 is 27.7. The van der Waals surface area contributed by atoms with E-state index in [1.165, 1.54) is 54.6 Å². The number of rotatable bonds is 5. The predicted octanol–water partition coefficient (Wildman–Crippen LogP) is 3.18. The summed E-state index contributed by atoms with van der Waals surface area (Å²) >= 11 is 0. The second-order valence-electron chi connectivity index (χ2n) is 7.77. The van der Waals surface area contributed by atoms with Crippen molar-refractivity contribution in [3.63, 3.8) is 0 Å². The first-order valence-corrected chi connectivity index (χ1v) is 11.3. The summed E-state index contributed by atoms with van der Waals surface area (Å²) in [5.41, 5.74) is 0.358. The Kier molecular flexibility index (Phi) is 6.49. The standard InChI is InChI=1S/C19H29N3O4S/c1-16-8-9-18(22(23)24)14-19(16)27(25,26)21-11-5-10-20(12-13-21)15-17-6-3-2-4-7-17/h8-9,14,17H,2-7,10-13,15H2,1H3. The van der Waals surface area contributed by atoms with E-state index in [0.29, 0.717) is 18.7 Å². The second kappa shape index (κ2) is 8.67. The fourth-order valence-corrected chi connectivity index (χ4v) is 5.94. The van der Waals surface area contributed by atoms with Gasteiger partial charge in [0.05, 0.1) is 9.82 Å². The van der Waals surface area contributed by atoms with E-state index in [1.54, 1.807) is 6.92 Å². The molecule has 1 heterocycles. The lowest BCUT2D eigenvalue weighted by molar-refractivity contribution is -0.385. The smallest absolute Gasteiger partial charge is 0.270 e. The van der Waals surface area contributed by atoms with Crippen LogP contribution in [0.25, 0.3) is 0 Å². The summed E-state index contributed by atoms with van der Waals surface area (Å²) in [6.45, 7) is 5.29. The molecular weight excluding hydrogens is 366 g/mol. The third kappa shape index (κ3) is 4.86. The molecule has 0 atom stereocenters. The lowest BCUT2D eigenvalue weighted by Crippen LogP contribution is -2.37. The normalized spacial score (nSPS) is 21.1. The molecule has 0 bridgehead atoms. The van der Waals surface area contributed by atoms with Crippen molar-refractivity contribution < 1.29 is 13.3 Å². The Hall–Kier alpha value is -1.51. The molecule has 27 heavy (non-hydrogen) atoms. The molecule has 1 aliphatic carbocycles. The molecule has 1 saturated carbocycles. The van der Waals surface area contributed by atoms with Crippen molar-refractivity contribution in [2.24, 2.45) is 5.92 Å². The van der Waals surface area contributed by atoms with Gasteiger partial charge in [0.1, 0.15) is 0 Å². The van der Waals surface area contributed by atoms with Crippen LogP contribution in [0.4, 0.5) is 5.69 Å². The molecular formula is C19H29N3O4S. The van der Waals surface area contributed by atoms with Crippen LogP contribution < -0.4 is 0 Å². The minimum atomic E-state index is -3.73. The molecule has 1 aromatic carbocycles. The topological polar surface area (TPSA) is 83.8 Å². The number of nitro groups is 1. The van der Waals surface area contributed by atoms with Gasteiger partial charge in [0, 0.05) is 38.3 Å². The van der Waals surface area contributed by atoms with Crippen LogP contribution in [0.2, 0.25) is 0 Å². The predicted molar refractivity (Wildman–Crippen MR) is 104 cm³/mol. The lowest BCUT2D eigenvalue weighted by Gasteiger charge is -2.28. The number of hydrogen-bond donors (Lipinski definition) is 0. The van der Waals surface area contributed by atoms with Crippen molar-refractivity contribution in [1.29, 1.82) is 0 Å². The number of hydrogen-bond acceptors (Lipinski definition) is 5. The molecule has 1 aromatic rings.